The van der Waals surface area contributed by atoms with E-state index in [9.17, 15) is 24.0 Å². The Morgan fingerprint density at radius 3 is 1.57 bits per heavy atom. The summed E-state index contributed by atoms with van der Waals surface area (Å²) in [5, 5.41) is 4.91. The zero-order valence-electron chi connectivity index (χ0n) is 32.7. The van der Waals surface area contributed by atoms with Crippen LogP contribution in [-0.4, -0.2) is 50.0 Å². The molecule has 2 heterocycles. The lowest BCUT2D eigenvalue weighted by molar-refractivity contribution is -0.141. The highest BCUT2D eigenvalue weighted by Gasteiger charge is 2.22. The molecule has 0 aliphatic heterocycles. The van der Waals surface area contributed by atoms with E-state index in [0.717, 1.165) is 9.26 Å². The van der Waals surface area contributed by atoms with Crippen molar-refractivity contribution in [2.45, 2.75) is 60.3 Å². The van der Waals surface area contributed by atoms with Gasteiger partial charge in [-0.3, -0.25) is 33.1 Å². The number of benzene rings is 4. The van der Waals surface area contributed by atoms with Gasteiger partial charge in [-0.15, -0.1) is 0 Å². The molecule has 0 saturated heterocycles. The van der Waals surface area contributed by atoms with Crippen LogP contribution in [0.1, 0.15) is 72.0 Å². The lowest BCUT2D eigenvalue weighted by Crippen LogP contribution is -2.33. The first-order chi connectivity index (χ1) is 27.4. The number of aromatic nitrogens is 4. The summed E-state index contributed by atoms with van der Waals surface area (Å²) in [6.45, 7) is 12.4. The van der Waals surface area contributed by atoms with Crippen LogP contribution in [-0.2, 0) is 19.1 Å². The summed E-state index contributed by atoms with van der Waals surface area (Å²) < 4.78 is 9.65. The van der Waals surface area contributed by atoms with Gasteiger partial charge in [0.05, 0.1) is 58.2 Å². The Hall–Kier alpha value is -4.39. The highest BCUT2D eigenvalue weighted by atomic mass is 127. The number of fused-ring (bicyclic) bond motifs is 2. The quantitative estimate of drug-likeness (QED) is 0.111. The van der Waals surface area contributed by atoms with Gasteiger partial charge in [-0.05, 0) is 118 Å². The monoisotopic (exact) mass is 1050 g/mol. The highest BCUT2D eigenvalue weighted by Crippen LogP contribution is 2.31. The molecule has 6 rings (SSSR count). The van der Waals surface area contributed by atoms with Crippen LogP contribution in [0.4, 0.5) is 11.4 Å². The lowest BCUT2D eigenvalue weighted by Gasteiger charge is -2.23. The first kappa shape index (κ1) is 44.7. The third kappa shape index (κ3) is 9.89. The second-order valence-corrected chi connectivity index (χ2v) is 16.8. The Kier molecular flexibility index (Phi) is 14.7. The lowest BCUT2D eigenvalue weighted by atomic mass is 10.1. The van der Waals surface area contributed by atoms with Crippen LogP contribution < -0.4 is 21.3 Å². The first-order valence-corrected chi connectivity index (χ1v) is 21.0. The van der Waals surface area contributed by atoms with Gasteiger partial charge in [0, 0.05) is 42.7 Å². The van der Waals surface area contributed by atoms with Crippen LogP contribution >= 0.6 is 68.4 Å². The minimum atomic E-state index is -0.410. The number of carbonyl (C=O) groups excluding carboxylic acids is 3. The van der Waals surface area contributed by atoms with E-state index in [1.165, 1.54) is 25.7 Å². The number of hydrogen-bond donors (Lipinski definition) is 1. The van der Waals surface area contributed by atoms with E-state index in [1.807, 2.05) is 27.7 Å². The summed E-state index contributed by atoms with van der Waals surface area (Å²) in [4.78, 5) is 72.7. The highest BCUT2D eigenvalue weighted by molar-refractivity contribution is 14.1. The molecule has 2 aromatic heterocycles. The third-order valence-electron chi connectivity index (χ3n) is 8.79. The van der Waals surface area contributed by atoms with Crippen molar-refractivity contribution in [1.82, 2.24) is 19.1 Å². The number of halogens is 4. The molecule has 0 radical (unpaired) electrons. The molecular weight excluding hydrogens is 1010 g/mol. The van der Waals surface area contributed by atoms with E-state index >= 15 is 0 Å². The SMILES string of the molecule is CC(=O)Nc1ccc2c(=O)n(-c3ccc(Cl)cc3)c(C(C)C)nc2c1I.CC(=O)OCCN(C(C)=O)c1ccc2c(=O)n(-c3ccc(Cl)cc3)c(C(C)C)nc2c1I. The molecule has 0 bridgehead atoms. The van der Waals surface area contributed by atoms with E-state index in [4.69, 9.17) is 37.9 Å². The van der Waals surface area contributed by atoms with Gasteiger partial charge in [0.15, 0.2) is 0 Å². The van der Waals surface area contributed by atoms with E-state index in [-0.39, 0.29) is 47.9 Å². The Bertz CT molecular complexity index is 2660. The number of ether oxygens (including phenoxy) is 1. The number of anilines is 2. The number of nitrogens with one attached hydrogen (secondary N) is 1. The molecular formula is C42H40Cl2I2N6O6. The van der Waals surface area contributed by atoms with E-state index < -0.39 is 5.97 Å². The van der Waals surface area contributed by atoms with Crippen molar-refractivity contribution in [3.05, 3.63) is 122 Å². The van der Waals surface area contributed by atoms with E-state index in [0.29, 0.717) is 64.1 Å². The summed E-state index contributed by atoms with van der Waals surface area (Å²) in [5.41, 5.74) is 3.45. The summed E-state index contributed by atoms with van der Waals surface area (Å²) in [6.07, 6.45) is 0. The second kappa shape index (κ2) is 19.1. The van der Waals surface area contributed by atoms with Gasteiger partial charge < -0.3 is 15.0 Å². The molecule has 58 heavy (non-hydrogen) atoms. The number of esters is 1. The zero-order chi connectivity index (χ0) is 42.6. The van der Waals surface area contributed by atoms with Gasteiger partial charge in [-0.2, -0.15) is 0 Å². The molecule has 0 aliphatic rings. The minimum Gasteiger partial charge on any atom is -0.464 e. The summed E-state index contributed by atoms with van der Waals surface area (Å²) in [5.74, 6) is 0.483. The second-order valence-electron chi connectivity index (χ2n) is 13.8. The Morgan fingerprint density at radius 1 is 0.707 bits per heavy atom. The largest absolute Gasteiger partial charge is 0.464 e. The standard InChI is InChI=1S/C23H23ClIN3O4.C19H17ClIN3O2/c1-13(2)22-26-21-18(23(31)28(22)17-7-5-16(24)6-8-17)9-10-19(20(21)25)27(14(3)29)11-12-32-15(4)30;1-10(2)18-23-17-14(8-9-15(16(17)21)22-11(3)25)19(26)24(18)13-6-4-12(20)5-7-13/h5-10,13H,11-12H2,1-4H3;4-10H,1-3H3,(H,22,25). The average Bonchev–Trinajstić information content (AvgIpc) is 3.16. The summed E-state index contributed by atoms with van der Waals surface area (Å²) in [6, 6.07) is 21.0. The van der Waals surface area contributed by atoms with Crippen molar-refractivity contribution in [3.63, 3.8) is 0 Å². The first-order valence-electron chi connectivity index (χ1n) is 18.1. The Labute approximate surface area is 372 Å². The fourth-order valence-electron chi connectivity index (χ4n) is 6.14. The molecule has 302 valence electrons. The molecule has 0 saturated carbocycles. The molecule has 0 fully saturated rings. The molecule has 1 N–H and O–H groups in total. The van der Waals surface area contributed by atoms with Crippen LogP contribution in [0.5, 0.6) is 0 Å². The maximum Gasteiger partial charge on any atom is 0.302 e. The van der Waals surface area contributed by atoms with Gasteiger partial charge in [-0.1, -0.05) is 50.9 Å². The van der Waals surface area contributed by atoms with Crippen molar-refractivity contribution >= 4 is 119 Å². The number of rotatable bonds is 9. The predicted octanol–water partition coefficient (Wildman–Crippen LogP) is 9.41. The average molecular weight is 1050 g/mol. The van der Waals surface area contributed by atoms with Crippen LogP contribution in [0, 0.1) is 7.14 Å². The molecule has 6 aromatic rings. The van der Waals surface area contributed by atoms with Gasteiger partial charge in [0.1, 0.15) is 18.3 Å². The third-order valence-corrected chi connectivity index (χ3v) is 11.5. The Balaban J connectivity index is 0.000000226. The fourth-order valence-corrected chi connectivity index (χ4v) is 8.00. The van der Waals surface area contributed by atoms with Crippen LogP contribution in [0.3, 0.4) is 0 Å². The molecule has 2 amide bonds. The molecule has 4 aromatic carbocycles. The predicted molar refractivity (Wildman–Crippen MR) is 247 cm³/mol. The van der Waals surface area contributed by atoms with Gasteiger partial charge in [-0.25, -0.2) is 9.97 Å². The minimum absolute atomic E-state index is 0.0306. The van der Waals surface area contributed by atoms with Crippen molar-refractivity contribution in [2.75, 3.05) is 23.4 Å². The van der Waals surface area contributed by atoms with Gasteiger partial charge in [0.2, 0.25) is 11.8 Å². The number of nitrogens with zero attached hydrogens (tertiary/aromatic N) is 5. The van der Waals surface area contributed by atoms with Crippen molar-refractivity contribution in [3.8, 4) is 11.4 Å². The maximum absolute atomic E-state index is 13.5. The molecule has 12 nitrogen and oxygen atoms in total. The van der Waals surface area contributed by atoms with Crippen LogP contribution in [0.25, 0.3) is 33.2 Å². The van der Waals surface area contributed by atoms with Crippen molar-refractivity contribution in [2.24, 2.45) is 0 Å². The summed E-state index contributed by atoms with van der Waals surface area (Å²) in [7, 11) is 0. The number of carbonyl (C=O) groups is 3. The number of hydrogen-bond acceptors (Lipinski definition) is 8. The molecule has 16 heteroatoms. The molecule has 0 aliphatic carbocycles. The van der Waals surface area contributed by atoms with Gasteiger partial charge >= 0.3 is 5.97 Å². The van der Waals surface area contributed by atoms with Crippen molar-refractivity contribution < 1.29 is 19.1 Å². The Morgan fingerprint density at radius 2 is 1.16 bits per heavy atom. The van der Waals surface area contributed by atoms with Gasteiger partial charge in [0.25, 0.3) is 11.1 Å². The maximum atomic E-state index is 13.5. The molecule has 0 spiro atoms. The number of amides is 2. The zero-order valence-corrected chi connectivity index (χ0v) is 38.5. The molecule has 0 unspecified atom stereocenters. The van der Waals surface area contributed by atoms with Crippen LogP contribution in [0.15, 0.2) is 82.4 Å². The summed E-state index contributed by atoms with van der Waals surface area (Å²) >= 11 is 16.2. The fraction of sp³-hybridized carbons (Fsp3) is 0.262. The normalized spacial score (nSPS) is 11.1. The smallest absolute Gasteiger partial charge is 0.302 e. The van der Waals surface area contributed by atoms with E-state index in [2.05, 4.69) is 50.5 Å². The van der Waals surface area contributed by atoms with E-state index in [1.54, 1.807) is 81.9 Å². The van der Waals surface area contributed by atoms with Crippen LogP contribution in [0.2, 0.25) is 10.0 Å². The topological polar surface area (TPSA) is 145 Å². The van der Waals surface area contributed by atoms with Crippen molar-refractivity contribution in [1.29, 1.82) is 0 Å². The molecule has 0 atom stereocenters.